The molecule has 1 atom stereocenters. The van der Waals surface area contributed by atoms with Crippen molar-refractivity contribution in [1.82, 2.24) is 19.4 Å². The van der Waals surface area contributed by atoms with Crippen LogP contribution in [0.15, 0.2) is 35.4 Å². The highest BCUT2D eigenvalue weighted by molar-refractivity contribution is 5.93. The Morgan fingerprint density at radius 1 is 1.23 bits per heavy atom. The number of furan rings is 1. The van der Waals surface area contributed by atoms with Crippen molar-refractivity contribution in [1.29, 1.82) is 0 Å². The number of rotatable bonds is 3. The molecule has 0 aromatic carbocycles. The van der Waals surface area contributed by atoms with E-state index in [0.29, 0.717) is 18.0 Å². The smallest absolute Gasteiger partial charge is 0.475 e. The molecular formula is C19H23F3N4O4. The Balaban J connectivity index is 0.000000318. The summed E-state index contributed by atoms with van der Waals surface area (Å²) in [7, 11) is 0. The molecule has 11 heteroatoms. The van der Waals surface area contributed by atoms with Gasteiger partial charge in [0.2, 0.25) is 0 Å². The molecule has 4 heterocycles. The number of alkyl halides is 3. The van der Waals surface area contributed by atoms with Gasteiger partial charge in [-0.15, -0.1) is 0 Å². The summed E-state index contributed by atoms with van der Waals surface area (Å²) in [4.78, 5) is 30.5. The molecule has 1 fully saturated rings. The summed E-state index contributed by atoms with van der Waals surface area (Å²) in [6, 6.07) is 1.73. The molecule has 30 heavy (non-hydrogen) atoms. The maximum atomic E-state index is 12.7. The van der Waals surface area contributed by atoms with Crippen molar-refractivity contribution in [3.05, 3.63) is 42.4 Å². The normalized spacial score (nSPS) is 19.6. The van der Waals surface area contributed by atoms with Crippen LogP contribution in [-0.4, -0.2) is 68.7 Å². The van der Waals surface area contributed by atoms with E-state index >= 15 is 0 Å². The minimum Gasteiger partial charge on any atom is -0.475 e. The first-order valence-electron chi connectivity index (χ1n) is 9.58. The Kier molecular flexibility index (Phi) is 6.80. The van der Waals surface area contributed by atoms with E-state index in [1.165, 1.54) is 32.2 Å². The summed E-state index contributed by atoms with van der Waals surface area (Å²) in [5.74, 6) is -1.33. The van der Waals surface area contributed by atoms with E-state index in [0.717, 1.165) is 25.5 Å². The number of aromatic nitrogens is 2. The van der Waals surface area contributed by atoms with Gasteiger partial charge in [-0.3, -0.25) is 4.79 Å². The minimum atomic E-state index is -5.08. The zero-order valence-electron chi connectivity index (χ0n) is 16.2. The quantitative estimate of drug-likeness (QED) is 0.808. The lowest BCUT2D eigenvalue weighted by Crippen LogP contribution is -2.38. The van der Waals surface area contributed by atoms with Crippen molar-refractivity contribution in [2.24, 2.45) is 5.92 Å². The molecule has 164 valence electrons. The lowest BCUT2D eigenvalue weighted by molar-refractivity contribution is -0.192. The Hall–Kier alpha value is -2.82. The van der Waals surface area contributed by atoms with E-state index < -0.39 is 12.1 Å². The third kappa shape index (κ3) is 5.62. The zero-order chi connectivity index (χ0) is 21.7. The lowest BCUT2D eigenvalue weighted by atomic mass is 10.1. The molecule has 2 aliphatic rings. The van der Waals surface area contributed by atoms with Crippen molar-refractivity contribution in [2.45, 2.75) is 32.1 Å². The number of likely N-dealkylation sites (tertiary alicyclic amines) is 1. The largest absolute Gasteiger partial charge is 0.490 e. The van der Waals surface area contributed by atoms with Crippen LogP contribution in [0.3, 0.4) is 0 Å². The van der Waals surface area contributed by atoms with Crippen LogP contribution in [0.25, 0.3) is 0 Å². The van der Waals surface area contributed by atoms with Gasteiger partial charge in [-0.25, -0.2) is 9.78 Å². The summed E-state index contributed by atoms with van der Waals surface area (Å²) in [6.07, 6.45) is 4.43. The highest BCUT2D eigenvalue weighted by Crippen LogP contribution is 2.20. The lowest BCUT2D eigenvalue weighted by Gasteiger charge is -2.27. The number of fused-ring (bicyclic) bond motifs is 1. The van der Waals surface area contributed by atoms with Crippen LogP contribution in [-0.2, 0) is 17.9 Å². The van der Waals surface area contributed by atoms with Gasteiger partial charge in [0.05, 0.1) is 18.4 Å². The molecule has 0 spiro atoms. The monoisotopic (exact) mass is 428 g/mol. The summed E-state index contributed by atoms with van der Waals surface area (Å²) < 4.78 is 39.0. The molecule has 8 nitrogen and oxygen atoms in total. The Bertz CT molecular complexity index is 844. The molecular weight excluding hydrogens is 405 g/mol. The Morgan fingerprint density at radius 3 is 2.53 bits per heavy atom. The molecule has 1 amide bonds. The maximum Gasteiger partial charge on any atom is 0.490 e. The third-order valence-electron chi connectivity index (χ3n) is 5.08. The third-order valence-corrected chi connectivity index (χ3v) is 5.08. The first-order chi connectivity index (χ1) is 14.2. The highest BCUT2D eigenvalue weighted by Gasteiger charge is 2.38. The van der Waals surface area contributed by atoms with Gasteiger partial charge in [-0.2, -0.15) is 13.2 Å². The molecule has 4 rings (SSSR count). The second-order valence-corrected chi connectivity index (χ2v) is 7.37. The van der Waals surface area contributed by atoms with Gasteiger partial charge in [-0.05, 0) is 32.0 Å². The average Bonchev–Trinajstić information content (AvgIpc) is 3.43. The molecule has 1 saturated heterocycles. The number of aliphatic carboxylic acids is 1. The number of nitrogens with zero attached hydrogens (tertiary/aromatic N) is 4. The zero-order valence-corrected chi connectivity index (χ0v) is 16.2. The molecule has 1 unspecified atom stereocenters. The number of imidazole rings is 1. The minimum absolute atomic E-state index is 0.0293. The van der Waals surface area contributed by atoms with E-state index in [1.807, 2.05) is 17.3 Å². The first kappa shape index (κ1) is 21.9. The molecule has 0 saturated carbocycles. The topological polar surface area (TPSA) is 91.8 Å². The van der Waals surface area contributed by atoms with E-state index in [1.54, 1.807) is 12.3 Å². The van der Waals surface area contributed by atoms with Crippen LogP contribution in [0, 0.1) is 5.92 Å². The van der Waals surface area contributed by atoms with Crippen LogP contribution < -0.4 is 0 Å². The predicted molar refractivity (Wildman–Crippen MR) is 98.5 cm³/mol. The molecule has 2 aromatic heterocycles. The fourth-order valence-electron chi connectivity index (χ4n) is 3.71. The number of halogens is 3. The Labute approximate surface area is 170 Å². The van der Waals surface area contributed by atoms with Gasteiger partial charge in [0.15, 0.2) is 0 Å². The maximum absolute atomic E-state index is 12.7. The number of carboxylic acids is 1. The van der Waals surface area contributed by atoms with E-state index in [4.69, 9.17) is 14.3 Å². The summed E-state index contributed by atoms with van der Waals surface area (Å²) in [5.41, 5.74) is 0.616. The Morgan fingerprint density at radius 2 is 1.93 bits per heavy atom. The van der Waals surface area contributed by atoms with Gasteiger partial charge in [-0.1, -0.05) is 0 Å². The second kappa shape index (κ2) is 9.33. The fourth-order valence-corrected chi connectivity index (χ4v) is 3.71. The first-order valence-corrected chi connectivity index (χ1v) is 9.58. The highest BCUT2D eigenvalue weighted by atomic mass is 19.4. The average molecular weight is 428 g/mol. The number of carbonyl (C=O) groups is 2. The predicted octanol–water partition coefficient (Wildman–Crippen LogP) is 2.48. The van der Waals surface area contributed by atoms with E-state index in [9.17, 15) is 18.0 Å². The van der Waals surface area contributed by atoms with Crippen LogP contribution in [0.1, 0.15) is 29.0 Å². The standard InChI is InChI=1S/C17H22N4O2.C2HF3O2/c22-17(15-3-8-23-13-15)21-11-14(9-19-5-1-2-6-19)10-20-7-4-18-16(20)12-21;3-2(4,5)1(6)7/h3-4,7-8,13-14H,1-2,5-6,9-12H2;(H,6,7). The number of amides is 1. The van der Waals surface area contributed by atoms with Crippen molar-refractivity contribution < 1.29 is 32.3 Å². The van der Waals surface area contributed by atoms with Gasteiger partial charge in [0.1, 0.15) is 12.1 Å². The van der Waals surface area contributed by atoms with Gasteiger partial charge >= 0.3 is 12.1 Å². The van der Waals surface area contributed by atoms with Crippen molar-refractivity contribution in [3.8, 4) is 0 Å². The molecule has 0 radical (unpaired) electrons. The van der Waals surface area contributed by atoms with Crippen LogP contribution >= 0.6 is 0 Å². The number of carboxylic acid groups (broad SMARTS) is 1. The van der Waals surface area contributed by atoms with Crippen LogP contribution in [0.5, 0.6) is 0 Å². The molecule has 2 aromatic rings. The van der Waals surface area contributed by atoms with Crippen LogP contribution in [0.2, 0.25) is 0 Å². The number of hydrogen-bond acceptors (Lipinski definition) is 5. The summed E-state index contributed by atoms with van der Waals surface area (Å²) in [5, 5.41) is 7.12. The fraction of sp³-hybridized carbons (Fsp3) is 0.526. The van der Waals surface area contributed by atoms with Crippen molar-refractivity contribution in [3.63, 3.8) is 0 Å². The SMILES string of the molecule is O=C(O)C(F)(F)F.O=C(c1ccoc1)N1Cc2nccn2CC(CN2CCCC2)C1. The molecule has 0 aliphatic carbocycles. The second-order valence-electron chi connectivity index (χ2n) is 7.37. The van der Waals surface area contributed by atoms with Gasteiger partial charge in [0.25, 0.3) is 5.91 Å². The summed E-state index contributed by atoms with van der Waals surface area (Å²) >= 11 is 0. The van der Waals surface area contributed by atoms with Gasteiger partial charge < -0.3 is 23.9 Å². The van der Waals surface area contributed by atoms with E-state index in [2.05, 4.69) is 14.5 Å². The molecule has 2 aliphatic heterocycles. The summed E-state index contributed by atoms with van der Waals surface area (Å²) in [6.45, 7) is 5.68. The van der Waals surface area contributed by atoms with Crippen LogP contribution in [0.4, 0.5) is 13.2 Å². The number of hydrogen-bond donors (Lipinski definition) is 1. The molecule has 0 bridgehead atoms. The number of carbonyl (C=O) groups excluding carboxylic acids is 1. The van der Waals surface area contributed by atoms with E-state index in [-0.39, 0.29) is 5.91 Å². The van der Waals surface area contributed by atoms with Gasteiger partial charge in [0, 0.05) is 37.9 Å². The van der Waals surface area contributed by atoms with Crippen molar-refractivity contribution >= 4 is 11.9 Å². The van der Waals surface area contributed by atoms with Crippen molar-refractivity contribution in [2.75, 3.05) is 26.2 Å². The molecule has 1 N–H and O–H groups in total.